The molecule has 0 aromatic carbocycles. The number of fused-ring (bicyclic) bond motifs is 5. The highest BCUT2D eigenvalue weighted by Gasteiger charge is 2.68. The van der Waals surface area contributed by atoms with Crippen LogP contribution in [0.3, 0.4) is 0 Å². The molecule has 4 aliphatic rings. The van der Waals surface area contributed by atoms with Crippen molar-refractivity contribution in [3.8, 4) is 0 Å². The predicted octanol–water partition coefficient (Wildman–Crippen LogP) is 6.70. The van der Waals surface area contributed by atoms with E-state index in [0.29, 0.717) is 29.6 Å². The summed E-state index contributed by atoms with van der Waals surface area (Å²) in [5, 5.41) is 12.3. The highest BCUT2D eigenvalue weighted by Crippen LogP contribution is 2.69. The number of hydrogen-bond acceptors (Lipinski definition) is 5. The van der Waals surface area contributed by atoms with Crippen molar-refractivity contribution in [2.75, 3.05) is 0 Å². The zero-order chi connectivity index (χ0) is 26.5. The fourth-order valence-corrected chi connectivity index (χ4v) is 9.92. The molecule has 0 unspecified atom stereocenters. The first-order chi connectivity index (χ1) is 16.8. The van der Waals surface area contributed by atoms with E-state index in [1.165, 1.54) is 52.4 Å². The molecule has 5 heteroatoms. The lowest BCUT2D eigenvalue weighted by molar-refractivity contribution is -0.271. The normalized spacial score (nSPS) is 44.8. The highest BCUT2D eigenvalue weighted by atomic mass is 16.6. The third kappa shape index (κ3) is 4.76. The van der Waals surface area contributed by atoms with Crippen molar-refractivity contribution in [2.24, 2.45) is 46.3 Å². The van der Waals surface area contributed by atoms with Gasteiger partial charge in [0.15, 0.2) is 0 Å². The molecule has 0 aliphatic heterocycles. The third-order valence-corrected chi connectivity index (χ3v) is 11.6. The lowest BCUT2D eigenvalue weighted by Gasteiger charge is -2.65. The van der Waals surface area contributed by atoms with Crippen LogP contribution in [0.1, 0.15) is 119 Å². The Morgan fingerprint density at radius 2 is 1.61 bits per heavy atom. The smallest absolute Gasteiger partial charge is 0.303 e. The molecule has 4 fully saturated rings. The number of esters is 2. The Hall–Kier alpha value is -1.10. The van der Waals surface area contributed by atoms with E-state index in [0.717, 1.165) is 43.4 Å². The molecule has 0 amide bonds. The van der Waals surface area contributed by atoms with Gasteiger partial charge in [-0.3, -0.25) is 9.59 Å². The van der Waals surface area contributed by atoms with Crippen LogP contribution in [0.2, 0.25) is 0 Å². The van der Waals surface area contributed by atoms with Crippen LogP contribution < -0.4 is 0 Å². The average Bonchev–Trinajstić information content (AvgIpc) is 3.12. The highest BCUT2D eigenvalue weighted by molar-refractivity contribution is 5.66. The molecule has 4 aliphatic carbocycles. The van der Waals surface area contributed by atoms with Gasteiger partial charge in [-0.15, -0.1) is 0 Å². The lowest BCUT2D eigenvalue weighted by atomic mass is 9.42. The zero-order valence-corrected chi connectivity index (χ0v) is 24.0. The minimum Gasteiger partial charge on any atom is -0.462 e. The Morgan fingerprint density at radius 3 is 2.25 bits per heavy atom. The Kier molecular flexibility index (Phi) is 7.93. The fourth-order valence-electron chi connectivity index (χ4n) is 9.92. The SMILES string of the molecule is CC(=O)O[C@@H]1CC[C@]2(C)[C@@H]3CC[C@@]4(C)[C@H](CC[C@H]4[C@H](C)CCCC(C)C)[C@@H]3C[C@H](OC(C)=O)[C@@]2(O)C1. The second kappa shape index (κ2) is 10.2. The van der Waals surface area contributed by atoms with E-state index in [-0.39, 0.29) is 23.5 Å². The Morgan fingerprint density at radius 1 is 0.917 bits per heavy atom. The van der Waals surface area contributed by atoms with Crippen LogP contribution in [0.5, 0.6) is 0 Å². The standard InChI is InChI=1S/C31H52O5/c1-19(2)9-8-10-20(3)25-11-12-26-24-17-28(36-22(5)33)31(34)18-23(35-21(4)32)13-16-30(31,7)27(24)14-15-29(25,26)6/h19-20,23-28,34H,8-18H2,1-7H3/t20-,23-,24+,25+,26-,27-,28+,29-,30-,31+/m1/s1. The fraction of sp³-hybridized carbons (Fsp3) is 0.935. The van der Waals surface area contributed by atoms with Crippen molar-refractivity contribution in [1.29, 1.82) is 0 Å². The number of hydrogen-bond donors (Lipinski definition) is 1. The molecule has 0 saturated heterocycles. The van der Waals surface area contributed by atoms with E-state index in [1.807, 2.05) is 0 Å². The molecular formula is C31H52O5. The molecule has 1 N–H and O–H groups in total. The van der Waals surface area contributed by atoms with Crippen molar-refractivity contribution < 1.29 is 24.2 Å². The minimum absolute atomic E-state index is 0.308. The molecule has 10 atom stereocenters. The van der Waals surface area contributed by atoms with Crippen molar-refractivity contribution in [1.82, 2.24) is 0 Å². The first-order valence-corrected chi connectivity index (χ1v) is 14.9. The number of rotatable bonds is 7. The molecule has 206 valence electrons. The zero-order valence-electron chi connectivity index (χ0n) is 24.0. The van der Waals surface area contributed by atoms with E-state index in [1.54, 1.807) is 0 Å². The van der Waals surface area contributed by atoms with Crippen molar-refractivity contribution in [3.63, 3.8) is 0 Å². The van der Waals surface area contributed by atoms with Crippen LogP contribution in [0.4, 0.5) is 0 Å². The van der Waals surface area contributed by atoms with E-state index in [4.69, 9.17) is 9.47 Å². The number of carbonyl (C=O) groups is 2. The summed E-state index contributed by atoms with van der Waals surface area (Å²) in [4.78, 5) is 23.9. The maximum atomic E-state index is 12.3. The van der Waals surface area contributed by atoms with Crippen LogP contribution in [0, 0.1) is 46.3 Å². The van der Waals surface area contributed by atoms with Gasteiger partial charge in [-0.05, 0) is 85.9 Å². The van der Waals surface area contributed by atoms with Crippen LogP contribution in [-0.2, 0) is 19.1 Å². The van der Waals surface area contributed by atoms with Gasteiger partial charge in [-0.1, -0.05) is 53.9 Å². The summed E-state index contributed by atoms with van der Waals surface area (Å²) in [5.74, 6) is 3.15. The van der Waals surface area contributed by atoms with Crippen molar-refractivity contribution >= 4 is 11.9 Å². The molecule has 5 nitrogen and oxygen atoms in total. The monoisotopic (exact) mass is 504 g/mol. The Labute approximate surface area is 219 Å². The van der Waals surface area contributed by atoms with Crippen molar-refractivity contribution in [3.05, 3.63) is 0 Å². The molecule has 36 heavy (non-hydrogen) atoms. The summed E-state index contributed by atoms with van der Waals surface area (Å²) in [6.45, 7) is 14.8. The second-order valence-corrected chi connectivity index (χ2v) is 14.1. The number of carbonyl (C=O) groups excluding carboxylic acids is 2. The molecule has 0 heterocycles. The molecule has 0 aromatic rings. The molecular weight excluding hydrogens is 452 g/mol. The summed E-state index contributed by atoms with van der Waals surface area (Å²) in [5.41, 5.74) is -1.16. The van der Waals surface area contributed by atoms with E-state index in [2.05, 4.69) is 34.6 Å². The summed E-state index contributed by atoms with van der Waals surface area (Å²) < 4.78 is 11.5. The Balaban J connectivity index is 1.59. The Bertz CT molecular complexity index is 824. The molecule has 4 saturated carbocycles. The maximum absolute atomic E-state index is 12.3. The summed E-state index contributed by atoms with van der Waals surface area (Å²) in [6, 6.07) is 0. The van der Waals surface area contributed by atoms with Crippen LogP contribution in [-0.4, -0.2) is 34.9 Å². The van der Waals surface area contributed by atoms with Gasteiger partial charge in [0.1, 0.15) is 17.8 Å². The van der Waals surface area contributed by atoms with Crippen LogP contribution >= 0.6 is 0 Å². The molecule has 0 radical (unpaired) electrons. The largest absolute Gasteiger partial charge is 0.462 e. The minimum atomic E-state index is -1.16. The first-order valence-electron chi connectivity index (χ1n) is 14.9. The molecule has 4 rings (SSSR count). The van der Waals surface area contributed by atoms with Gasteiger partial charge < -0.3 is 14.6 Å². The summed E-state index contributed by atoms with van der Waals surface area (Å²) >= 11 is 0. The van der Waals surface area contributed by atoms with E-state index < -0.39 is 11.7 Å². The summed E-state index contributed by atoms with van der Waals surface area (Å²) in [7, 11) is 0. The molecule has 0 bridgehead atoms. The lowest BCUT2D eigenvalue weighted by Crippen LogP contribution is -2.69. The first kappa shape index (κ1) is 27.9. The third-order valence-electron chi connectivity index (χ3n) is 11.6. The van der Waals surface area contributed by atoms with Gasteiger partial charge in [0.2, 0.25) is 0 Å². The van der Waals surface area contributed by atoms with Gasteiger partial charge in [-0.25, -0.2) is 0 Å². The van der Waals surface area contributed by atoms with Crippen LogP contribution in [0.15, 0.2) is 0 Å². The molecule has 0 aromatic heterocycles. The molecule has 0 spiro atoms. The van der Waals surface area contributed by atoms with E-state index >= 15 is 0 Å². The van der Waals surface area contributed by atoms with Crippen LogP contribution in [0.25, 0.3) is 0 Å². The summed E-state index contributed by atoms with van der Waals surface area (Å²) in [6.07, 6.45) is 10.7. The van der Waals surface area contributed by atoms with Gasteiger partial charge in [0, 0.05) is 25.7 Å². The topological polar surface area (TPSA) is 72.8 Å². The quantitative estimate of drug-likeness (QED) is 0.391. The van der Waals surface area contributed by atoms with Gasteiger partial charge in [-0.2, -0.15) is 0 Å². The van der Waals surface area contributed by atoms with Gasteiger partial charge in [0.25, 0.3) is 0 Å². The van der Waals surface area contributed by atoms with Crippen molar-refractivity contribution in [2.45, 2.75) is 137 Å². The number of aliphatic hydroxyl groups is 1. The van der Waals surface area contributed by atoms with Gasteiger partial charge >= 0.3 is 11.9 Å². The van der Waals surface area contributed by atoms with Gasteiger partial charge in [0.05, 0.1) is 0 Å². The van der Waals surface area contributed by atoms with E-state index in [9.17, 15) is 14.7 Å². The number of ether oxygens (including phenoxy) is 2. The predicted molar refractivity (Wildman–Crippen MR) is 141 cm³/mol. The maximum Gasteiger partial charge on any atom is 0.303 e. The average molecular weight is 505 g/mol. The second-order valence-electron chi connectivity index (χ2n) is 14.1.